The molecule has 0 N–H and O–H groups in total. The van der Waals surface area contributed by atoms with E-state index in [-0.39, 0.29) is 5.91 Å². The average molecular weight is 229 g/mol. The summed E-state index contributed by atoms with van der Waals surface area (Å²) in [5.74, 6) is -0.224. The van der Waals surface area contributed by atoms with Crippen LogP contribution in [0, 0.1) is 0 Å². The minimum Gasteiger partial charge on any atom is -0.312 e. The van der Waals surface area contributed by atoms with Gasteiger partial charge < -0.3 is 4.90 Å². The van der Waals surface area contributed by atoms with Crippen LogP contribution in [0.25, 0.3) is 0 Å². The van der Waals surface area contributed by atoms with Gasteiger partial charge in [0.1, 0.15) is 0 Å². The number of benzene rings is 1. The molecule has 1 aromatic rings. The van der Waals surface area contributed by atoms with Gasteiger partial charge in [-0.05, 0) is 24.1 Å². The predicted octanol–water partition coefficient (Wildman–Crippen LogP) is 2.61. The van der Waals surface area contributed by atoms with Gasteiger partial charge in [-0.25, -0.2) is 0 Å². The molecule has 0 saturated carbocycles. The summed E-state index contributed by atoms with van der Waals surface area (Å²) in [6, 6.07) is 3.55. The van der Waals surface area contributed by atoms with E-state index in [9.17, 15) is 18.0 Å². The van der Waals surface area contributed by atoms with Gasteiger partial charge in [-0.2, -0.15) is 13.2 Å². The van der Waals surface area contributed by atoms with E-state index in [4.69, 9.17) is 0 Å². The molecule has 0 saturated heterocycles. The Hall–Kier alpha value is -1.52. The van der Waals surface area contributed by atoms with E-state index in [2.05, 4.69) is 0 Å². The van der Waals surface area contributed by atoms with Gasteiger partial charge in [-0.1, -0.05) is 6.07 Å². The fourth-order valence-corrected chi connectivity index (χ4v) is 1.88. The molecule has 0 aliphatic carbocycles. The fraction of sp³-hybridized carbons (Fsp3) is 0.364. The highest BCUT2D eigenvalue weighted by Crippen LogP contribution is 2.36. The van der Waals surface area contributed by atoms with E-state index in [1.165, 1.54) is 17.9 Å². The number of carbonyl (C=O) groups is 1. The highest BCUT2D eigenvalue weighted by atomic mass is 19.4. The number of alkyl halides is 3. The van der Waals surface area contributed by atoms with E-state index >= 15 is 0 Å². The van der Waals surface area contributed by atoms with Crippen LogP contribution in [0.3, 0.4) is 0 Å². The Morgan fingerprint density at radius 2 is 2.06 bits per heavy atom. The Morgan fingerprint density at radius 3 is 2.62 bits per heavy atom. The lowest BCUT2D eigenvalue weighted by atomic mass is 10.1. The number of hydrogen-bond acceptors (Lipinski definition) is 1. The number of hydrogen-bond donors (Lipinski definition) is 0. The van der Waals surface area contributed by atoms with Crippen LogP contribution >= 0.6 is 0 Å². The molecule has 5 heteroatoms. The molecule has 0 unspecified atom stereocenters. The summed E-state index contributed by atoms with van der Waals surface area (Å²) in [6.45, 7) is 1.82. The van der Waals surface area contributed by atoms with Crippen molar-refractivity contribution >= 4 is 11.6 Å². The second kappa shape index (κ2) is 3.50. The quantitative estimate of drug-likeness (QED) is 0.669. The lowest BCUT2D eigenvalue weighted by Crippen LogP contribution is -2.26. The zero-order valence-corrected chi connectivity index (χ0v) is 8.64. The minimum absolute atomic E-state index is 0.224. The standard InChI is InChI=1S/C11H10F3NO/c1-7(16)15-5-4-8-2-3-9(6-10(8)15)11(12,13)14/h2-3,6H,4-5H2,1H3. The number of carbonyl (C=O) groups excluding carboxylic acids is 1. The molecular formula is C11H10F3NO. The van der Waals surface area contributed by atoms with Crippen LogP contribution in [0.4, 0.5) is 18.9 Å². The van der Waals surface area contributed by atoms with Crippen molar-refractivity contribution < 1.29 is 18.0 Å². The summed E-state index contributed by atoms with van der Waals surface area (Å²) in [5.41, 5.74) is 0.477. The molecule has 1 heterocycles. The van der Waals surface area contributed by atoms with Gasteiger partial charge in [-0.3, -0.25) is 4.79 Å². The number of rotatable bonds is 0. The Labute approximate surface area is 90.7 Å². The van der Waals surface area contributed by atoms with E-state index in [0.717, 1.165) is 17.7 Å². The van der Waals surface area contributed by atoms with Gasteiger partial charge in [0.25, 0.3) is 0 Å². The Kier molecular flexibility index (Phi) is 2.40. The lowest BCUT2D eigenvalue weighted by molar-refractivity contribution is -0.137. The van der Waals surface area contributed by atoms with Crippen molar-refractivity contribution in [2.24, 2.45) is 0 Å². The van der Waals surface area contributed by atoms with E-state index in [1.54, 1.807) is 0 Å². The van der Waals surface area contributed by atoms with Gasteiger partial charge in [0, 0.05) is 19.2 Å². The smallest absolute Gasteiger partial charge is 0.312 e. The van der Waals surface area contributed by atoms with Crippen LogP contribution in [0.5, 0.6) is 0 Å². The van der Waals surface area contributed by atoms with E-state index < -0.39 is 11.7 Å². The Morgan fingerprint density at radius 1 is 1.38 bits per heavy atom. The molecule has 16 heavy (non-hydrogen) atoms. The summed E-state index contributed by atoms with van der Waals surface area (Å²) in [7, 11) is 0. The van der Waals surface area contributed by atoms with Crippen LogP contribution in [0.2, 0.25) is 0 Å². The second-order valence-electron chi connectivity index (χ2n) is 3.76. The van der Waals surface area contributed by atoms with Crippen molar-refractivity contribution in [2.45, 2.75) is 19.5 Å². The molecule has 0 bridgehead atoms. The Bertz CT molecular complexity index is 439. The number of nitrogens with zero attached hydrogens (tertiary/aromatic N) is 1. The molecule has 0 atom stereocenters. The molecule has 2 nitrogen and oxygen atoms in total. The molecular weight excluding hydrogens is 219 g/mol. The summed E-state index contributed by atoms with van der Waals surface area (Å²) in [5, 5.41) is 0. The zero-order valence-electron chi connectivity index (χ0n) is 8.64. The first-order valence-electron chi connectivity index (χ1n) is 4.88. The van der Waals surface area contributed by atoms with Gasteiger partial charge in [0.05, 0.1) is 5.56 Å². The number of fused-ring (bicyclic) bond motifs is 1. The van der Waals surface area contributed by atoms with E-state index in [0.29, 0.717) is 18.7 Å². The molecule has 0 aromatic heterocycles. The maximum atomic E-state index is 12.5. The van der Waals surface area contributed by atoms with Crippen LogP contribution in [0.15, 0.2) is 18.2 Å². The monoisotopic (exact) mass is 229 g/mol. The molecule has 0 fully saturated rings. The average Bonchev–Trinajstić information content (AvgIpc) is 2.58. The van der Waals surface area contributed by atoms with Crippen molar-refractivity contribution in [3.8, 4) is 0 Å². The highest BCUT2D eigenvalue weighted by molar-refractivity contribution is 5.93. The molecule has 1 amide bonds. The second-order valence-corrected chi connectivity index (χ2v) is 3.76. The lowest BCUT2D eigenvalue weighted by Gasteiger charge is -2.16. The highest BCUT2D eigenvalue weighted by Gasteiger charge is 2.33. The van der Waals surface area contributed by atoms with Crippen molar-refractivity contribution in [1.82, 2.24) is 0 Å². The molecule has 2 rings (SSSR count). The topological polar surface area (TPSA) is 20.3 Å². The van der Waals surface area contributed by atoms with Gasteiger partial charge in [0.2, 0.25) is 5.91 Å². The van der Waals surface area contributed by atoms with Crippen molar-refractivity contribution in [3.05, 3.63) is 29.3 Å². The summed E-state index contributed by atoms with van der Waals surface area (Å²) in [4.78, 5) is 12.6. The first-order chi connectivity index (χ1) is 7.39. The van der Waals surface area contributed by atoms with Crippen molar-refractivity contribution in [2.75, 3.05) is 11.4 Å². The molecule has 1 aliphatic rings. The number of anilines is 1. The zero-order chi connectivity index (χ0) is 11.9. The van der Waals surface area contributed by atoms with Crippen LogP contribution in [-0.2, 0) is 17.4 Å². The SMILES string of the molecule is CC(=O)N1CCc2ccc(C(F)(F)F)cc21. The molecule has 0 radical (unpaired) electrons. The van der Waals surface area contributed by atoms with Gasteiger partial charge in [-0.15, -0.1) is 0 Å². The summed E-state index contributed by atoms with van der Waals surface area (Å²) < 4.78 is 37.4. The third-order valence-electron chi connectivity index (χ3n) is 2.69. The van der Waals surface area contributed by atoms with Crippen LogP contribution < -0.4 is 4.90 Å². The fourth-order valence-electron chi connectivity index (χ4n) is 1.88. The Balaban J connectivity index is 2.45. The van der Waals surface area contributed by atoms with E-state index in [1.807, 2.05) is 0 Å². The molecule has 1 aromatic carbocycles. The largest absolute Gasteiger partial charge is 0.416 e. The van der Waals surface area contributed by atoms with Crippen molar-refractivity contribution in [3.63, 3.8) is 0 Å². The first-order valence-corrected chi connectivity index (χ1v) is 4.88. The normalized spacial score (nSPS) is 15.1. The minimum atomic E-state index is -4.36. The molecule has 1 aliphatic heterocycles. The van der Waals surface area contributed by atoms with Crippen LogP contribution in [0.1, 0.15) is 18.1 Å². The third-order valence-corrected chi connectivity index (χ3v) is 2.69. The summed E-state index contributed by atoms with van der Waals surface area (Å²) in [6.07, 6.45) is -3.74. The molecule has 86 valence electrons. The van der Waals surface area contributed by atoms with Gasteiger partial charge >= 0.3 is 6.18 Å². The van der Waals surface area contributed by atoms with Crippen LogP contribution in [-0.4, -0.2) is 12.5 Å². The van der Waals surface area contributed by atoms with Gasteiger partial charge in [0.15, 0.2) is 0 Å². The maximum absolute atomic E-state index is 12.5. The number of amides is 1. The predicted molar refractivity (Wildman–Crippen MR) is 53.2 cm³/mol. The molecule has 0 spiro atoms. The van der Waals surface area contributed by atoms with Crippen molar-refractivity contribution in [1.29, 1.82) is 0 Å². The maximum Gasteiger partial charge on any atom is 0.416 e. The first kappa shape index (κ1) is 11.0. The summed E-state index contributed by atoms with van der Waals surface area (Å²) >= 11 is 0. The number of halogens is 3. The third kappa shape index (κ3) is 1.77.